The second-order valence-corrected chi connectivity index (χ2v) is 6.70. The number of methoxy groups -OCH3 is 1. The summed E-state index contributed by atoms with van der Waals surface area (Å²) in [7, 11) is 1.60. The van der Waals surface area contributed by atoms with Crippen LogP contribution in [0, 0.1) is 6.92 Å². The van der Waals surface area contributed by atoms with Crippen molar-refractivity contribution in [2.45, 2.75) is 13.5 Å². The number of carbonyl (C=O) groups is 1. The van der Waals surface area contributed by atoms with Crippen LogP contribution < -0.4 is 14.8 Å². The van der Waals surface area contributed by atoms with Gasteiger partial charge in [0.2, 0.25) is 0 Å². The number of fused-ring (bicyclic) bond motifs is 1. The molecule has 0 unspecified atom stereocenters. The number of nitrogens with zero attached hydrogens (tertiary/aromatic N) is 2. The zero-order valence-corrected chi connectivity index (χ0v) is 16.3. The lowest BCUT2D eigenvalue weighted by molar-refractivity contribution is 0.102. The lowest BCUT2D eigenvalue weighted by Gasteiger charge is -2.08. The number of rotatable bonds is 6. The normalized spacial score (nSPS) is 10.7. The Labute approximate surface area is 168 Å². The molecule has 0 bridgehead atoms. The SMILES string of the molecule is COc1ccc(NC(=O)c2cccc(OCc3cn4cc(C)ccc4n3)c2)cc1. The zero-order valence-electron chi connectivity index (χ0n) is 16.3. The number of hydrogen-bond acceptors (Lipinski definition) is 4. The third-order valence-electron chi connectivity index (χ3n) is 4.48. The van der Waals surface area contributed by atoms with Gasteiger partial charge < -0.3 is 19.2 Å². The molecule has 146 valence electrons. The van der Waals surface area contributed by atoms with E-state index in [0.29, 0.717) is 23.6 Å². The Morgan fingerprint density at radius 3 is 2.66 bits per heavy atom. The van der Waals surface area contributed by atoms with Crippen LogP contribution in [-0.4, -0.2) is 22.4 Å². The van der Waals surface area contributed by atoms with Gasteiger partial charge in [0.15, 0.2) is 0 Å². The highest BCUT2D eigenvalue weighted by molar-refractivity contribution is 6.04. The Kier molecular flexibility index (Phi) is 5.16. The van der Waals surface area contributed by atoms with Gasteiger partial charge in [0.05, 0.1) is 12.8 Å². The van der Waals surface area contributed by atoms with Gasteiger partial charge in [-0.2, -0.15) is 0 Å². The first-order valence-corrected chi connectivity index (χ1v) is 9.23. The molecule has 0 fully saturated rings. The van der Waals surface area contributed by atoms with Gasteiger partial charge in [0.1, 0.15) is 23.8 Å². The van der Waals surface area contributed by atoms with Gasteiger partial charge in [-0.1, -0.05) is 12.1 Å². The lowest BCUT2D eigenvalue weighted by atomic mass is 10.2. The number of aryl methyl sites for hydroxylation is 1. The molecule has 2 aromatic carbocycles. The number of ether oxygens (including phenoxy) is 2. The Balaban J connectivity index is 1.42. The van der Waals surface area contributed by atoms with Gasteiger partial charge in [0, 0.05) is 23.6 Å². The minimum atomic E-state index is -0.205. The average Bonchev–Trinajstić information content (AvgIpc) is 3.15. The van der Waals surface area contributed by atoms with Crippen LogP contribution in [0.4, 0.5) is 5.69 Å². The van der Waals surface area contributed by atoms with Crippen molar-refractivity contribution in [1.82, 2.24) is 9.38 Å². The van der Waals surface area contributed by atoms with Crippen molar-refractivity contribution in [3.63, 3.8) is 0 Å². The Hall–Kier alpha value is -3.80. The topological polar surface area (TPSA) is 64.9 Å². The van der Waals surface area contributed by atoms with E-state index in [1.165, 1.54) is 0 Å². The number of carbonyl (C=O) groups excluding carboxylic acids is 1. The van der Waals surface area contributed by atoms with Crippen LogP contribution in [0.2, 0.25) is 0 Å². The molecule has 4 aromatic rings. The number of hydrogen-bond donors (Lipinski definition) is 1. The van der Waals surface area contributed by atoms with E-state index in [4.69, 9.17) is 9.47 Å². The van der Waals surface area contributed by atoms with E-state index in [0.717, 1.165) is 22.7 Å². The molecule has 6 nitrogen and oxygen atoms in total. The standard InChI is InChI=1S/C23H21N3O3/c1-16-6-11-22-24-19(14-26(22)13-16)15-29-21-5-3-4-17(12-21)23(27)25-18-7-9-20(28-2)10-8-18/h3-14H,15H2,1-2H3,(H,25,27). The minimum Gasteiger partial charge on any atom is -0.497 e. The summed E-state index contributed by atoms with van der Waals surface area (Å²) in [6.07, 6.45) is 3.97. The lowest BCUT2D eigenvalue weighted by Crippen LogP contribution is -2.11. The molecular weight excluding hydrogens is 366 g/mol. The van der Waals surface area contributed by atoms with Gasteiger partial charge in [-0.05, 0) is 61.0 Å². The number of nitrogens with one attached hydrogen (secondary N) is 1. The van der Waals surface area contributed by atoms with Crippen molar-refractivity contribution in [2.75, 3.05) is 12.4 Å². The second-order valence-electron chi connectivity index (χ2n) is 6.70. The van der Waals surface area contributed by atoms with Gasteiger partial charge in [0.25, 0.3) is 5.91 Å². The molecule has 4 rings (SSSR count). The molecule has 0 saturated heterocycles. The van der Waals surface area contributed by atoms with Crippen LogP contribution in [0.5, 0.6) is 11.5 Å². The first-order valence-electron chi connectivity index (χ1n) is 9.23. The smallest absolute Gasteiger partial charge is 0.255 e. The predicted octanol–water partition coefficient (Wildman–Crippen LogP) is 4.48. The van der Waals surface area contributed by atoms with E-state index in [-0.39, 0.29) is 5.91 Å². The molecular formula is C23H21N3O3. The predicted molar refractivity (Wildman–Crippen MR) is 112 cm³/mol. The Morgan fingerprint density at radius 2 is 1.86 bits per heavy atom. The zero-order chi connectivity index (χ0) is 20.2. The van der Waals surface area contributed by atoms with Crippen LogP contribution >= 0.6 is 0 Å². The number of amides is 1. The summed E-state index contributed by atoms with van der Waals surface area (Å²) < 4.78 is 13.0. The summed E-state index contributed by atoms with van der Waals surface area (Å²) in [5, 5.41) is 2.87. The van der Waals surface area contributed by atoms with E-state index < -0.39 is 0 Å². The Morgan fingerprint density at radius 1 is 1.03 bits per heavy atom. The number of imidazole rings is 1. The summed E-state index contributed by atoms with van der Waals surface area (Å²) in [4.78, 5) is 17.1. The number of anilines is 1. The van der Waals surface area contributed by atoms with E-state index in [1.54, 1.807) is 49.6 Å². The monoisotopic (exact) mass is 387 g/mol. The van der Waals surface area contributed by atoms with Crippen molar-refractivity contribution in [3.05, 3.63) is 89.9 Å². The van der Waals surface area contributed by atoms with E-state index >= 15 is 0 Å². The summed E-state index contributed by atoms with van der Waals surface area (Å²) >= 11 is 0. The third-order valence-corrected chi connectivity index (χ3v) is 4.48. The molecule has 0 saturated carbocycles. The van der Waals surface area contributed by atoms with E-state index in [9.17, 15) is 4.79 Å². The van der Waals surface area contributed by atoms with Gasteiger partial charge in [-0.3, -0.25) is 4.79 Å². The summed E-state index contributed by atoms with van der Waals surface area (Å²) in [6, 6.07) is 18.3. The maximum atomic E-state index is 12.5. The van der Waals surface area contributed by atoms with Crippen LogP contribution in [0.15, 0.2) is 73.1 Å². The largest absolute Gasteiger partial charge is 0.497 e. The van der Waals surface area contributed by atoms with E-state index in [2.05, 4.69) is 10.3 Å². The number of pyridine rings is 1. The van der Waals surface area contributed by atoms with Crippen LogP contribution in [0.25, 0.3) is 5.65 Å². The fraction of sp³-hybridized carbons (Fsp3) is 0.130. The molecule has 0 aliphatic heterocycles. The molecule has 2 aromatic heterocycles. The fourth-order valence-corrected chi connectivity index (χ4v) is 2.99. The molecule has 1 N–H and O–H groups in total. The highest BCUT2D eigenvalue weighted by Crippen LogP contribution is 2.19. The van der Waals surface area contributed by atoms with Crippen LogP contribution in [0.3, 0.4) is 0 Å². The molecule has 0 aliphatic carbocycles. The molecule has 0 atom stereocenters. The molecule has 2 heterocycles. The van der Waals surface area contributed by atoms with Crippen molar-refractivity contribution in [2.24, 2.45) is 0 Å². The molecule has 0 aliphatic rings. The third kappa shape index (κ3) is 4.38. The number of benzene rings is 2. The summed E-state index contributed by atoms with van der Waals surface area (Å²) in [5.74, 6) is 1.14. The van der Waals surface area contributed by atoms with Gasteiger partial charge in [-0.15, -0.1) is 0 Å². The van der Waals surface area contributed by atoms with Gasteiger partial charge in [-0.25, -0.2) is 4.98 Å². The van der Waals surface area contributed by atoms with Crippen molar-refractivity contribution < 1.29 is 14.3 Å². The molecule has 1 amide bonds. The molecule has 6 heteroatoms. The van der Waals surface area contributed by atoms with Crippen molar-refractivity contribution in [1.29, 1.82) is 0 Å². The fourth-order valence-electron chi connectivity index (χ4n) is 2.99. The number of aromatic nitrogens is 2. The maximum Gasteiger partial charge on any atom is 0.255 e. The highest BCUT2D eigenvalue weighted by atomic mass is 16.5. The maximum absolute atomic E-state index is 12.5. The van der Waals surface area contributed by atoms with Crippen LogP contribution in [0.1, 0.15) is 21.6 Å². The molecule has 0 radical (unpaired) electrons. The Bertz CT molecular complexity index is 1150. The quantitative estimate of drug-likeness (QED) is 0.530. The minimum absolute atomic E-state index is 0.205. The van der Waals surface area contributed by atoms with E-state index in [1.807, 2.05) is 41.9 Å². The van der Waals surface area contributed by atoms with Gasteiger partial charge >= 0.3 is 0 Å². The van der Waals surface area contributed by atoms with Crippen molar-refractivity contribution in [3.8, 4) is 11.5 Å². The van der Waals surface area contributed by atoms with Crippen molar-refractivity contribution >= 4 is 17.2 Å². The summed E-state index contributed by atoms with van der Waals surface area (Å²) in [6.45, 7) is 2.36. The first-order chi connectivity index (χ1) is 14.1. The second kappa shape index (κ2) is 8.06. The first kappa shape index (κ1) is 18.6. The molecule has 29 heavy (non-hydrogen) atoms. The highest BCUT2D eigenvalue weighted by Gasteiger charge is 2.09. The average molecular weight is 387 g/mol. The van der Waals surface area contributed by atoms with Crippen LogP contribution in [-0.2, 0) is 6.61 Å². The molecule has 0 spiro atoms. The summed E-state index contributed by atoms with van der Waals surface area (Å²) in [5.41, 5.74) is 4.08.